The lowest BCUT2D eigenvalue weighted by Gasteiger charge is -2.30. The van der Waals surface area contributed by atoms with Crippen molar-refractivity contribution in [1.29, 1.82) is 0 Å². The van der Waals surface area contributed by atoms with Gasteiger partial charge in [-0.1, -0.05) is 0 Å². The Hall–Kier alpha value is -2.53. The second-order valence-electron chi connectivity index (χ2n) is 8.65. The second kappa shape index (κ2) is 7.49. The van der Waals surface area contributed by atoms with Crippen LogP contribution >= 0.6 is 11.3 Å². The summed E-state index contributed by atoms with van der Waals surface area (Å²) in [6, 6.07) is 1.11. The van der Waals surface area contributed by atoms with Crippen molar-refractivity contribution in [1.82, 2.24) is 9.55 Å². The fourth-order valence-corrected chi connectivity index (χ4v) is 6.23. The molecule has 0 bridgehead atoms. The molecule has 33 heavy (non-hydrogen) atoms. The average molecular weight is 485 g/mol. The van der Waals surface area contributed by atoms with E-state index in [0.29, 0.717) is 17.7 Å². The van der Waals surface area contributed by atoms with E-state index in [9.17, 15) is 27.2 Å². The third-order valence-corrected chi connectivity index (χ3v) is 7.85. The van der Waals surface area contributed by atoms with E-state index in [-0.39, 0.29) is 46.1 Å². The molecule has 0 spiro atoms. The number of H-pyrrole nitrogens is 1. The molecule has 3 aromatic rings. The van der Waals surface area contributed by atoms with Crippen molar-refractivity contribution < 1.29 is 22.0 Å². The first-order valence-corrected chi connectivity index (χ1v) is 11.4. The number of aromatic amines is 1. The minimum absolute atomic E-state index is 0.0370. The Morgan fingerprint density at radius 3 is 2.61 bits per heavy atom. The van der Waals surface area contributed by atoms with E-state index in [1.807, 2.05) is 4.98 Å². The number of benzene rings is 1. The minimum Gasteiger partial charge on any atom is -0.330 e. The fourth-order valence-electron chi connectivity index (χ4n) is 4.91. The summed E-state index contributed by atoms with van der Waals surface area (Å²) in [7, 11) is 0. The van der Waals surface area contributed by atoms with Crippen LogP contribution in [0.4, 0.5) is 22.0 Å². The Morgan fingerprint density at radius 2 is 2.00 bits per heavy atom. The molecule has 1 fully saturated rings. The standard InChI is InChI=1S/C22H20F5N3O2S/c1-8-14(13-6-10-11(7-28)22(26,27)5-4-12(10)33-13)17(23)15(19(24)25)16-18(8)30(9-2-3-9)21(32)29-20(16)31/h6,9,11,19H,2-5,7,28H2,1H3,(H,29,31,32). The highest BCUT2D eigenvalue weighted by Crippen LogP contribution is 2.49. The predicted molar refractivity (Wildman–Crippen MR) is 115 cm³/mol. The first kappa shape index (κ1) is 22.3. The van der Waals surface area contributed by atoms with Crippen LogP contribution < -0.4 is 17.0 Å². The number of nitrogens with one attached hydrogen (secondary N) is 1. The van der Waals surface area contributed by atoms with Crippen LogP contribution in [-0.2, 0) is 6.42 Å². The van der Waals surface area contributed by atoms with Crippen LogP contribution in [0, 0.1) is 12.7 Å². The number of halogens is 5. The molecule has 3 N–H and O–H groups in total. The van der Waals surface area contributed by atoms with Crippen molar-refractivity contribution in [2.45, 2.75) is 56.9 Å². The number of aromatic nitrogens is 2. The average Bonchev–Trinajstić information content (AvgIpc) is 3.47. The van der Waals surface area contributed by atoms with E-state index in [2.05, 4.69) is 0 Å². The first-order chi connectivity index (χ1) is 15.6. The van der Waals surface area contributed by atoms with Gasteiger partial charge in [-0.3, -0.25) is 14.3 Å². The zero-order chi connectivity index (χ0) is 23.8. The Balaban J connectivity index is 1.86. The quantitative estimate of drug-likeness (QED) is 0.523. The van der Waals surface area contributed by atoms with E-state index in [0.717, 1.165) is 11.3 Å². The lowest BCUT2D eigenvalue weighted by Crippen LogP contribution is -2.35. The number of hydrogen-bond acceptors (Lipinski definition) is 4. The summed E-state index contributed by atoms with van der Waals surface area (Å²) in [4.78, 5) is 27.9. The van der Waals surface area contributed by atoms with Crippen LogP contribution in [0.5, 0.6) is 0 Å². The van der Waals surface area contributed by atoms with Crippen LogP contribution in [0.15, 0.2) is 15.7 Å². The molecule has 0 radical (unpaired) electrons. The number of hydrogen-bond donors (Lipinski definition) is 2. The number of fused-ring (bicyclic) bond motifs is 2. The molecule has 1 unspecified atom stereocenters. The molecular weight excluding hydrogens is 465 g/mol. The molecule has 1 atom stereocenters. The molecule has 2 aliphatic carbocycles. The molecule has 0 saturated heterocycles. The van der Waals surface area contributed by atoms with Crippen molar-refractivity contribution in [3.8, 4) is 10.4 Å². The molecule has 1 saturated carbocycles. The third-order valence-electron chi connectivity index (χ3n) is 6.62. The van der Waals surface area contributed by atoms with Gasteiger partial charge in [-0.05, 0) is 43.4 Å². The molecule has 1 aromatic carbocycles. The molecule has 11 heteroatoms. The summed E-state index contributed by atoms with van der Waals surface area (Å²) in [6.45, 7) is 1.15. The summed E-state index contributed by atoms with van der Waals surface area (Å²) in [6.07, 6.45) is -2.42. The van der Waals surface area contributed by atoms with Crippen LogP contribution in [0.25, 0.3) is 21.3 Å². The number of alkyl halides is 4. The van der Waals surface area contributed by atoms with E-state index in [1.165, 1.54) is 17.6 Å². The number of nitrogens with two attached hydrogens (primary N) is 1. The van der Waals surface area contributed by atoms with Gasteiger partial charge in [0.1, 0.15) is 5.82 Å². The van der Waals surface area contributed by atoms with Gasteiger partial charge in [-0.15, -0.1) is 11.3 Å². The Labute approximate surface area is 188 Å². The molecule has 2 aliphatic rings. The normalized spacial score (nSPS) is 19.9. The van der Waals surface area contributed by atoms with Gasteiger partial charge < -0.3 is 5.73 Å². The molecule has 5 nitrogen and oxygen atoms in total. The molecular formula is C22H20F5N3O2S. The van der Waals surface area contributed by atoms with Gasteiger partial charge in [0.05, 0.1) is 22.4 Å². The van der Waals surface area contributed by atoms with Gasteiger partial charge in [0, 0.05) is 34.3 Å². The Kier molecular flexibility index (Phi) is 5.06. The predicted octanol–water partition coefficient (Wildman–Crippen LogP) is 4.76. The maximum Gasteiger partial charge on any atom is 0.329 e. The molecule has 0 aliphatic heterocycles. The highest BCUT2D eigenvalue weighted by molar-refractivity contribution is 7.15. The number of aryl methyl sites for hydroxylation is 2. The molecule has 176 valence electrons. The highest BCUT2D eigenvalue weighted by atomic mass is 32.1. The first-order valence-electron chi connectivity index (χ1n) is 10.6. The number of rotatable bonds is 4. The topological polar surface area (TPSA) is 80.9 Å². The van der Waals surface area contributed by atoms with E-state index in [4.69, 9.17) is 5.73 Å². The van der Waals surface area contributed by atoms with Crippen LogP contribution in [0.2, 0.25) is 0 Å². The van der Waals surface area contributed by atoms with Crippen LogP contribution in [0.1, 0.15) is 59.2 Å². The van der Waals surface area contributed by atoms with Gasteiger partial charge >= 0.3 is 5.69 Å². The van der Waals surface area contributed by atoms with Gasteiger partial charge in [0.25, 0.3) is 17.9 Å². The smallest absolute Gasteiger partial charge is 0.329 e. The largest absolute Gasteiger partial charge is 0.330 e. The van der Waals surface area contributed by atoms with Gasteiger partial charge in [0.2, 0.25) is 0 Å². The summed E-state index contributed by atoms with van der Waals surface area (Å²) < 4.78 is 73.8. The molecule has 2 heterocycles. The maximum absolute atomic E-state index is 15.6. The monoisotopic (exact) mass is 485 g/mol. The van der Waals surface area contributed by atoms with Crippen molar-refractivity contribution in [2.75, 3.05) is 6.54 Å². The lowest BCUT2D eigenvalue weighted by molar-refractivity contribution is -0.0381. The zero-order valence-electron chi connectivity index (χ0n) is 17.5. The van der Waals surface area contributed by atoms with Crippen molar-refractivity contribution in [3.05, 3.63) is 54.3 Å². The minimum atomic E-state index is -3.33. The van der Waals surface area contributed by atoms with Crippen molar-refractivity contribution >= 4 is 22.2 Å². The van der Waals surface area contributed by atoms with E-state index < -0.39 is 52.7 Å². The SMILES string of the molecule is Cc1c(-c2cc3c(s2)CCC(F)(F)C3CN)c(F)c(C(F)F)c2c(=O)[nH]c(=O)n(C3CC3)c12. The Morgan fingerprint density at radius 1 is 1.30 bits per heavy atom. The van der Waals surface area contributed by atoms with Gasteiger partial charge in [-0.2, -0.15) is 0 Å². The molecule has 5 rings (SSSR count). The maximum atomic E-state index is 15.6. The van der Waals surface area contributed by atoms with Crippen LogP contribution in [0.3, 0.4) is 0 Å². The lowest BCUT2D eigenvalue weighted by atomic mass is 9.84. The van der Waals surface area contributed by atoms with Crippen LogP contribution in [-0.4, -0.2) is 22.0 Å². The Bertz CT molecular complexity index is 1400. The van der Waals surface area contributed by atoms with Gasteiger partial charge in [-0.25, -0.2) is 26.7 Å². The highest BCUT2D eigenvalue weighted by Gasteiger charge is 2.45. The van der Waals surface area contributed by atoms with E-state index in [1.54, 1.807) is 0 Å². The van der Waals surface area contributed by atoms with Gasteiger partial charge in [0.15, 0.2) is 0 Å². The second-order valence-corrected chi connectivity index (χ2v) is 9.79. The van der Waals surface area contributed by atoms with E-state index >= 15 is 4.39 Å². The zero-order valence-corrected chi connectivity index (χ0v) is 18.3. The molecule has 0 amide bonds. The summed E-state index contributed by atoms with van der Waals surface area (Å²) in [5, 5.41) is -0.553. The number of thiophene rings is 1. The number of nitrogens with zero attached hydrogens (tertiary/aromatic N) is 1. The summed E-state index contributed by atoms with van der Waals surface area (Å²) in [5.74, 6) is -5.56. The summed E-state index contributed by atoms with van der Waals surface area (Å²) in [5.41, 5.74) is 2.90. The third kappa shape index (κ3) is 3.27. The molecule has 2 aromatic heterocycles. The fraction of sp³-hybridized carbons (Fsp3) is 0.455. The van der Waals surface area contributed by atoms with Crippen molar-refractivity contribution in [3.63, 3.8) is 0 Å². The summed E-state index contributed by atoms with van der Waals surface area (Å²) >= 11 is 1.06. The van der Waals surface area contributed by atoms with Crippen molar-refractivity contribution in [2.24, 2.45) is 5.73 Å².